The highest BCUT2D eigenvalue weighted by Crippen LogP contribution is 2.22. The van der Waals surface area contributed by atoms with Crippen LogP contribution in [0.1, 0.15) is 20.3 Å². The van der Waals surface area contributed by atoms with Crippen molar-refractivity contribution >= 4 is 5.91 Å². The molecular formula is C14H27N3O3. The molecule has 0 aromatic carbocycles. The number of hydrogen-bond donors (Lipinski definition) is 2. The van der Waals surface area contributed by atoms with Gasteiger partial charge in [0, 0.05) is 52.9 Å². The van der Waals surface area contributed by atoms with E-state index in [0.717, 1.165) is 32.6 Å². The molecule has 116 valence electrons. The minimum atomic E-state index is -0.490. The van der Waals surface area contributed by atoms with Crippen molar-refractivity contribution in [2.75, 3.05) is 53.0 Å². The average Bonchev–Trinajstić information content (AvgIpc) is 2.95. The highest BCUT2D eigenvalue weighted by Gasteiger charge is 2.39. The van der Waals surface area contributed by atoms with Crippen molar-refractivity contribution in [3.05, 3.63) is 0 Å². The van der Waals surface area contributed by atoms with Gasteiger partial charge in [0.25, 0.3) is 0 Å². The van der Waals surface area contributed by atoms with Gasteiger partial charge in [-0.3, -0.25) is 9.69 Å². The molecule has 1 atom stereocenters. The maximum Gasteiger partial charge on any atom is 0.240 e. The normalized spacial score (nSPS) is 28.6. The number of hydrogen-bond acceptors (Lipinski definition) is 5. The zero-order chi connectivity index (χ0) is 14.6. The monoisotopic (exact) mass is 285 g/mol. The van der Waals surface area contributed by atoms with E-state index in [4.69, 9.17) is 9.47 Å². The van der Waals surface area contributed by atoms with E-state index in [2.05, 4.69) is 15.5 Å². The van der Waals surface area contributed by atoms with Crippen molar-refractivity contribution in [2.45, 2.75) is 31.4 Å². The summed E-state index contributed by atoms with van der Waals surface area (Å²) >= 11 is 0. The van der Waals surface area contributed by atoms with E-state index in [1.807, 2.05) is 13.8 Å². The Balaban J connectivity index is 1.89. The van der Waals surface area contributed by atoms with Crippen LogP contribution in [-0.2, 0) is 14.3 Å². The van der Waals surface area contributed by atoms with Gasteiger partial charge in [0.2, 0.25) is 5.91 Å². The summed E-state index contributed by atoms with van der Waals surface area (Å²) in [6.07, 6.45) is 0.831. The minimum absolute atomic E-state index is 0.0581. The number of carbonyl (C=O) groups excluding carboxylic acids is 1. The molecule has 0 spiro atoms. The molecule has 2 fully saturated rings. The lowest BCUT2D eigenvalue weighted by atomic mass is 9.98. The SMILES string of the molecule is COC1(CNC(=O)C(C)(C)N2CCNCC2)CCOC1. The standard InChI is InChI=1S/C14H27N3O3/c1-13(2,17-7-5-15-6-8-17)12(18)16-10-14(19-3)4-9-20-11-14/h15H,4-11H2,1-3H3,(H,16,18). The minimum Gasteiger partial charge on any atom is -0.378 e. The third-order valence-corrected chi connectivity index (χ3v) is 4.53. The van der Waals surface area contributed by atoms with Gasteiger partial charge < -0.3 is 20.1 Å². The van der Waals surface area contributed by atoms with Crippen LogP contribution in [-0.4, -0.2) is 75.0 Å². The molecule has 2 aliphatic rings. The third kappa shape index (κ3) is 3.31. The van der Waals surface area contributed by atoms with E-state index in [-0.39, 0.29) is 11.5 Å². The van der Waals surface area contributed by atoms with E-state index in [1.165, 1.54) is 0 Å². The molecule has 6 heteroatoms. The van der Waals surface area contributed by atoms with E-state index >= 15 is 0 Å². The third-order valence-electron chi connectivity index (χ3n) is 4.53. The lowest BCUT2D eigenvalue weighted by Crippen LogP contribution is -2.61. The molecule has 6 nitrogen and oxygen atoms in total. The van der Waals surface area contributed by atoms with Crippen molar-refractivity contribution in [2.24, 2.45) is 0 Å². The Kier molecular flexibility index (Phi) is 5.01. The number of ether oxygens (including phenoxy) is 2. The second-order valence-electron chi connectivity index (χ2n) is 6.17. The molecule has 2 aliphatic heterocycles. The Morgan fingerprint density at radius 3 is 2.70 bits per heavy atom. The summed E-state index contributed by atoms with van der Waals surface area (Å²) in [6, 6.07) is 0. The summed E-state index contributed by atoms with van der Waals surface area (Å²) in [7, 11) is 1.68. The predicted molar refractivity (Wildman–Crippen MR) is 76.7 cm³/mol. The molecule has 20 heavy (non-hydrogen) atoms. The van der Waals surface area contributed by atoms with Gasteiger partial charge in [0.05, 0.1) is 12.1 Å². The van der Waals surface area contributed by atoms with Crippen molar-refractivity contribution in [3.8, 4) is 0 Å². The van der Waals surface area contributed by atoms with Gasteiger partial charge in [-0.2, -0.15) is 0 Å². The van der Waals surface area contributed by atoms with Crippen LogP contribution in [0.3, 0.4) is 0 Å². The van der Waals surface area contributed by atoms with Crippen molar-refractivity contribution in [1.82, 2.24) is 15.5 Å². The molecule has 0 saturated carbocycles. The summed E-state index contributed by atoms with van der Waals surface area (Å²) in [4.78, 5) is 14.7. The maximum absolute atomic E-state index is 12.5. The summed E-state index contributed by atoms with van der Waals surface area (Å²) in [5.74, 6) is 0.0581. The number of nitrogens with one attached hydrogen (secondary N) is 2. The highest BCUT2D eigenvalue weighted by atomic mass is 16.5. The van der Waals surface area contributed by atoms with Gasteiger partial charge in [0.15, 0.2) is 0 Å². The number of carbonyl (C=O) groups is 1. The molecule has 1 amide bonds. The molecule has 2 N–H and O–H groups in total. The van der Waals surface area contributed by atoms with E-state index in [9.17, 15) is 4.79 Å². The fourth-order valence-electron chi connectivity index (χ4n) is 2.79. The number of rotatable bonds is 5. The van der Waals surface area contributed by atoms with E-state index < -0.39 is 5.54 Å². The first kappa shape index (κ1) is 15.7. The zero-order valence-corrected chi connectivity index (χ0v) is 12.8. The largest absolute Gasteiger partial charge is 0.378 e. The summed E-state index contributed by atoms with van der Waals surface area (Å²) in [5, 5.41) is 6.36. The Morgan fingerprint density at radius 1 is 1.45 bits per heavy atom. The highest BCUT2D eigenvalue weighted by molar-refractivity contribution is 5.85. The maximum atomic E-state index is 12.5. The van der Waals surface area contributed by atoms with Crippen LogP contribution in [0.4, 0.5) is 0 Å². The van der Waals surface area contributed by atoms with Gasteiger partial charge in [-0.05, 0) is 13.8 Å². The van der Waals surface area contributed by atoms with Gasteiger partial charge in [0.1, 0.15) is 5.60 Å². The molecule has 2 saturated heterocycles. The molecule has 0 radical (unpaired) electrons. The fourth-order valence-corrected chi connectivity index (χ4v) is 2.79. The Bertz CT molecular complexity index is 335. The fraction of sp³-hybridized carbons (Fsp3) is 0.929. The molecule has 1 unspecified atom stereocenters. The lowest BCUT2D eigenvalue weighted by molar-refractivity contribution is -0.133. The second kappa shape index (κ2) is 6.39. The number of methoxy groups -OCH3 is 1. The lowest BCUT2D eigenvalue weighted by Gasteiger charge is -2.40. The smallest absolute Gasteiger partial charge is 0.240 e. The van der Waals surface area contributed by atoms with Crippen LogP contribution in [0.15, 0.2) is 0 Å². The van der Waals surface area contributed by atoms with E-state index in [1.54, 1.807) is 7.11 Å². The summed E-state index contributed by atoms with van der Waals surface area (Å²) in [6.45, 7) is 9.41. The zero-order valence-electron chi connectivity index (χ0n) is 12.8. The topological polar surface area (TPSA) is 62.8 Å². The summed E-state index contributed by atoms with van der Waals surface area (Å²) < 4.78 is 10.9. The van der Waals surface area contributed by atoms with Crippen molar-refractivity contribution in [1.29, 1.82) is 0 Å². The van der Waals surface area contributed by atoms with Crippen molar-refractivity contribution in [3.63, 3.8) is 0 Å². The quantitative estimate of drug-likeness (QED) is 0.719. The van der Waals surface area contributed by atoms with Crippen LogP contribution in [0.25, 0.3) is 0 Å². The van der Waals surface area contributed by atoms with Crippen LogP contribution in [0.2, 0.25) is 0 Å². The first-order valence-electron chi connectivity index (χ1n) is 7.37. The summed E-state index contributed by atoms with van der Waals surface area (Å²) in [5.41, 5.74) is -0.842. The molecule has 2 heterocycles. The Labute approximate surface area is 121 Å². The first-order valence-corrected chi connectivity index (χ1v) is 7.37. The Hall–Kier alpha value is -0.690. The Morgan fingerprint density at radius 2 is 2.15 bits per heavy atom. The van der Waals surface area contributed by atoms with Gasteiger partial charge >= 0.3 is 0 Å². The van der Waals surface area contributed by atoms with E-state index in [0.29, 0.717) is 19.8 Å². The van der Waals surface area contributed by atoms with Crippen LogP contribution in [0.5, 0.6) is 0 Å². The molecule has 2 rings (SSSR count). The molecule has 0 aromatic heterocycles. The molecular weight excluding hydrogens is 258 g/mol. The molecule has 0 aromatic rings. The average molecular weight is 285 g/mol. The molecule has 0 bridgehead atoms. The number of piperazine rings is 1. The van der Waals surface area contributed by atoms with Gasteiger partial charge in [-0.1, -0.05) is 0 Å². The predicted octanol–water partition coefficient (Wildman–Crippen LogP) is -0.408. The molecule has 0 aliphatic carbocycles. The first-order chi connectivity index (χ1) is 9.50. The second-order valence-corrected chi connectivity index (χ2v) is 6.17. The van der Waals surface area contributed by atoms with Crippen LogP contribution in [0, 0.1) is 0 Å². The van der Waals surface area contributed by atoms with Gasteiger partial charge in [-0.25, -0.2) is 0 Å². The number of amides is 1. The number of nitrogens with zero attached hydrogens (tertiary/aromatic N) is 1. The van der Waals surface area contributed by atoms with Crippen molar-refractivity contribution < 1.29 is 14.3 Å². The van der Waals surface area contributed by atoms with Crippen LogP contribution >= 0.6 is 0 Å². The van der Waals surface area contributed by atoms with Crippen LogP contribution < -0.4 is 10.6 Å². The van der Waals surface area contributed by atoms with Gasteiger partial charge in [-0.15, -0.1) is 0 Å².